The molecule has 0 fully saturated rings. The molecule has 6 nitrogen and oxygen atoms in total. The molecule has 0 unspecified atom stereocenters. The lowest BCUT2D eigenvalue weighted by molar-refractivity contribution is -0.385. The summed E-state index contributed by atoms with van der Waals surface area (Å²) in [4.78, 5) is 22.0. The Hall–Kier alpha value is -1.95. The lowest BCUT2D eigenvalue weighted by atomic mass is 10.1. The van der Waals surface area contributed by atoms with E-state index in [-0.39, 0.29) is 17.8 Å². The first-order valence-electron chi connectivity index (χ1n) is 5.45. The van der Waals surface area contributed by atoms with Gasteiger partial charge in [0.15, 0.2) is 0 Å². The number of carbonyl (C=O) groups excluding carboxylic acids is 1. The highest BCUT2D eigenvalue weighted by atomic mass is 16.6. The van der Waals surface area contributed by atoms with Crippen LogP contribution in [-0.4, -0.2) is 16.5 Å². The molecule has 1 aromatic carbocycles. The molecular formula is C12H16N2O4. The van der Waals surface area contributed by atoms with Gasteiger partial charge in [0.2, 0.25) is 0 Å². The number of hydrogen-bond donors (Lipinski definition) is 1. The van der Waals surface area contributed by atoms with E-state index in [1.807, 2.05) is 0 Å². The van der Waals surface area contributed by atoms with E-state index < -0.39 is 16.5 Å². The second kappa shape index (κ2) is 5.14. The van der Waals surface area contributed by atoms with Crippen molar-refractivity contribution in [1.82, 2.24) is 0 Å². The van der Waals surface area contributed by atoms with Crippen LogP contribution in [0.2, 0.25) is 0 Å². The molecule has 0 saturated heterocycles. The molecule has 0 saturated carbocycles. The van der Waals surface area contributed by atoms with Gasteiger partial charge in [0.25, 0.3) is 5.69 Å². The van der Waals surface area contributed by atoms with Crippen molar-refractivity contribution in [3.05, 3.63) is 39.4 Å². The maximum absolute atomic E-state index is 11.8. The minimum atomic E-state index is -0.640. The highest BCUT2D eigenvalue weighted by molar-refractivity contribution is 5.90. The Morgan fingerprint density at radius 1 is 1.44 bits per heavy atom. The average molecular weight is 252 g/mol. The Kier molecular flexibility index (Phi) is 4.03. The van der Waals surface area contributed by atoms with Crippen LogP contribution in [0.15, 0.2) is 18.2 Å². The van der Waals surface area contributed by atoms with Crippen LogP contribution in [0.25, 0.3) is 0 Å². The molecule has 6 heteroatoms. The number of rotatable bonds is 3. The van der Waals surface area contributed by atoms with E-state index in [1.165, 1.54) is 18.2 Å². The van der Waals surface area contributed by atoms with E-state index in [4.69, 9.17) is 10.5 Å². The zero-order valence-corrected chi connectivity index (χ0v) is 10.6. The normalized spacial score (nSPS) is 11.1. The Balaban J connectivity index is 3.09. The second-order valence-corrected chi connectivity index (χ2v) is 4.81. The third-order valence-electron chi connectivity index (χ3n) is 2.14. The number of nitrogens with two attached hydrogens (primary N) is 1. The Bertz CT molecular complexity index is 477. The van der Waals surface area contributed by atoms with Crippen molar-refractivity contribution < 1.29 is 14.5 Å². The van der Waals surface area contributed by atoms with E-state index in [1.54, 1.807) is 20.8 Å². The summed E-state index contributed by atoms with van der Waals surface area (Å²) in [7, 11) is 0. The molecule has 0 heterocycles. The molecular weight excluding hydrogens is 236 g/mol. The summed E-state index contributed by atoms with van der Waals surface area (Å²) in [5, 5.41) is 10.8. The van der Waals surface area contributed by atoms with Gasteiger partial charge < -0.3 is 10.5 Å². The third kappa shape index (κ3) is 3.53. The van der Waals surface area contributed by atoms with Gasteiger partial charge in [-0.25, -0.2) is 4.79 Å². The molecule has 0 aliphatic heterocycles. The zero-order valence-electron chi connectivity index (χ0n) is 10.6. The van der Waals surface area contributed by atoms with Crippen LogP contribution >= 0.6 is 0 Å². The fraction of sp³-hybridized carbons (Fsp3) is 0.417. The van der Waals surface area contributed by atoms with Crippen LogP contribution in [-0.2, 0) is 11.3 Å². The highest BCUT2D eigenvalue weighted by Gasteiger charge is 2.21. The maximum atomic E-state index is 11.8. The summed E-state index contributed by atoms with van der Waals surface area (Å²) in [6, 6.07) is 4.14. The molecule has 2 N–H and O–H groups in total. The fourth-order valence-corrected chi connectivity index (χ4v) is 1.37. The highest BCUT2D eigenvalue weighted by Crippen LogP contribution is 2.21. The van der Waals surface area contributed by atoms with Gasteiger partial charge >= 0.3 is 5.97 Å². The van der Waals surface area contributed by atoms with E-state index in [0.717, 1.165) is 0 Å². The van der Waals surface area contributed by atoms with Crippen molar-refractivity contribution in [3.63, 3.8) is 0 Å². The quantitative estimate of drug-likeness (QED) is 0.504. The van der Waals surface area contributed by atoms with Crippen LogP contribution in [0.3, 0.4) is 0 Å². The molecule has 18 heavy (non-hydrogen) atoms. The van der Waals surface area contributed by atoms with Gasteiger partial charge in [-0.3, -0.25) is 10.1 Å². The summed E-state index contributed by atoms with van der Waals surface area (Å²) < 4.78 is 5.14. The van der Waals surface area contributed by atoms with Gasteiger partial charge in [0.05, 0.1) is 10.5 Å². The number of benzene rings is 1. The molecule has 0 bridgehead atoms. The average Bonchev–Trinajstić information content (AvgIpc) is 2.25. The number of ether oxygens (including phenoxy) is 1. The molecule has 1 aromatic rings. The predicted molar refractivity (Wildman–Crippen MR) is 66.2 cm³/mol. The number of hydrogen-bond acceptors (Lipinski definition) is 5. The van der Waals surface area contributed by atoms with Gasteiger partial charge in [0, 0.05) is 18.2 Å². The maximum Gasteiger partial charge on any atom is 0.338 e. The summed E-state index contributed by atoms with van der Waals surface area (Å²) in [6.07, 6.45) is 0. The molecule has 0 aromatic heterocycles. The van der Waals surface area contributed by atoms with Crippen molar-refractivity contribution in [3.8, 4) is 0 Å². The van der Waals surface area contributed by atoms with Gasteiger partial charge in [-0.05, 0) is 26.8 Å². The van der Waals surface area contributed by atoms with Crippen molar-refractivity contribution in [2.45, 2.75) is 32.9 Å². The molecule has 0 aliphatic carbocycles. The van der Waals surface area contributed by atoms with Crippen LogP contribution in [0.1, 0.15) is 36.7 Å². The van der Waals surface area contributed by atoms with Crippen molar-refractivity contribution in [2.75, 3.05) is 0 Å². The summed E-state index contributed by atoms with van der Waals surface area (Å²) in [6.45, 7) is 5.24. The Labute approximate surface area is 105 Å². The fourth-order valence-electron chi connectivity index (χ4n) is 1.37. The second-order valence-electron chi connectivity index (χ2n) is 4.81. The van der Waals surface area contributed by atoms with Crippen LogP contribution < -0.4 is 5.73 Å². The number of esters is 1. The molecule has 0 atom stereocenters. The zero-order chi connectivity index (χ0) is 13.9. The topological polar surface area (TPSA) is 95.5 Å². The summed E-state index contributed by atoms with van der Waals surface area (Å²) in [5.74, 6) is -0.589. The molecule has 0 aliphatic rings. The van der Waals surface area contributed by atoms with Crippen molar-refractivity contribution in [1.29, 1.82) is 0 Å². The van der Waals surface area contributed by atoms with Crippen LogP contribution in [0, 0.1) is 10.1 Å². The minimum absolute atomic E-state index is 0.0465. The Morgan fingerprint density at radius 3 is 2.50 bits per heavy atom. The van der Waals surface area contributed by atoms with E-state index in [9.17, 15) is 14.9 Å². The first-order valence-corrected chi connectivity index (χ1v) is 5.45. The number of nitro benzene ring substituents is 1. The van der Waals surface area contributed by atoms with E-state index in [0.29, 0.717) is 5.56 Å². The monoisotopic (exact) mass is 252 g/mol. The first kappa shape index (κ1) is 14.1. The van der Waals surface area contributed by atoms with Crippen LogP contribution in [0.5, 0.6) is 0 Å². The number of carbonyl (C=O) groups is 1. The van der Waals surface area contributed by atoms with Gasteiger partial charge in [-0.2, -0.15) is 0 Å². The number of nitrogens with zero attached hydrogens (tertiary/aromatic N) is 1. The van der Waals surface area contributed by atoms with Gasteiger partial charge in [-0.1, -0.05) is 6.07 Å². The molecule has 0 amide bonds. The standard InChI is InChI=1S/C12H16N2O4/c1-12(2,3)18-11(15)8-4-5-9(7-13)10(6-8)14(16)17/h4-6H,7,13H2,1-3H3. The summed E-state index contributed by atoms with van der Waals surface area (Å²) in [5.41, 5.74) is 5.12. The molecule has 0 radical (unpaired) electrons. The van der Waals surface area contributed by atoms with E-state index in [2.05, 4.69) is 0 Å². The predicted octanol–water partition coefficient (Wildman–Crippen LogP) is 2.01. The van der Waals surface area contributed by atoms with Crippen molar-refractivity contribution >= 4 is 11.7 Å². The van der Waals surface area contributed by atoms with Crippen molar-refractivity contribution in [2.24, 2.45) is 5.73 Å². The molecule has 1 rings (SSSR count). The summed E-state index contributed by atoms with van der Waals surface area (Å²) >= 11 is 0. The van der Waals surface area contributed by atoms with Gasteiger partial charge in [-0.15, -0.1) is 0 Å². The van der Waals surface area contributed by atoms with Gasteiger partial charge in [0.1, 0.15) is 5.60 Å². The number of nitro groups is 1. The smallest absolute Gasteiger partial charge is 0.338 e. The lowest BCUT2D eigenvalue weighted by Gasteiger charge is -2.19. The molecule has 98 valence electrons. The Morgan fingerprint density at radius 2 is 2.06 bits per heavy atom. The largest absolute Gasteiger partial charge is 0.456 e. The van der Waals surface area contributed by atoms with Crippen LogP contribution in [0.4, 0.5) is 5.69 Å². The SMILES string of the molecule is CC(C)(C)OC(=O)c1ccc(CN)c([N+](=O)[O-])c1. The van der Waals surface area contributed by atoms with E-state index >= 15 is 0 Å². The lowest BCUT2D eigenvalue weighted by Crippen LogP contribution is -2.24. The third-order valence-corrected chi connectivity index (χ3v) is 2.14. The molecule has 0 spiro atoms. The first-order chi connectivity index (χ1) is 8.24. The minimum Gasteiger partial charge on any atom is -0.456 e.